The van der Waals surface area contributed by atoms with Crippen molar-refractivity contribution in [3.05, 3.63) is 63.5 Å². The summed E-state index contributed by atoms with van der Waals surface area (Å²) >= 11 is 6.04. The molecule has 1 aliphatic rings. The van der Waals surface area contributed by atoms with E-state index in [1.807, 2.05) is 37.3 Å². The Bertz CT molecular complexity index is 1160. The predicted octanol–water partition coefficient (Wildman–Crippen LogP) is 4.23. The van der Waals surface area contributed by atoms with Crippen LogP contribution < -0.4 is 15.9 Å². The molecule has 1 fully saturated rings. The number of aryl methyl sites for hydroxylation is 1. The number of rotatable bonds is 4. The van der Waals surface area contributed by atoms with E-state index in [-0.39, 0.29) is 12.5 Å². The number of benzene rings is 2. The van der Waals surface area contributed by atoms with E-state index in [1.54, 1.807) is 12.1 Å². The minimum atomic E-state index is -0.417. The number of anilines is 2. The molecule has 0 radical (unpaired) electrons. The van der Waals surface area contributed by atoms with Crippen LogP contribution in [0.5, 0.6) is 0 Å². The highest BCUT2D eigenvalue weighted by Gasteiger charge is 2.22. The van der Waals surface area contributed by atoms with Crippen LogP contribution in [0.1, 0.15) is 25.3 Å². The maximum Gasteiger partial charge on any atom is 0.350 e. The van der Waals surface area contributed by atoms with Gasteiger partial charge in [0.1, 0.15) is 12.4 Å². The molecule has 0 spiro atoms. The third kappa shape index (κ3) is 4.19. The van der Waals surface area contributed by atoms with Gasteiger partial charge in [0, 0.05) is 29.2 Å². The molecule has 1 aliphatic heterocycles. The van der Waals surface area contributed by atoms with Gasteiger partial charge in [-0.05, 0) is 55.5 Å². The van der Waals surface area contributed by atoms with E-state index in [0.717, 1.165) is 30.5 Å². The highest BCUT2D eigenvalue weighted by atomic mass is 35.5. The first kappa shape index (κ1) is 20.4. The van der Waals surface area contributed by atoms with Crippen LogP contribution in [0, 0.1) is 12.8 Å². The summed E-state index contributed by atoms with van der Waals surface area (Å²) in [6.07, 6.45) is 2.27. The van der Waals surface area contributed by atoms with Crippen molar-refractivity contribution < 1.29 is 4.79 Å². The van der Waals surface area contributed by atoms with E-state index in [4.69, 9.17) is 11.6 Å². The molecular formula is C23H25ClN4O2. The number of nitrogens with one attached hydrogen (secondary N) is 1. The molecule has 1 aromatic heterocycles. The largest absolute Gasteiger partial charge is 0.356 e. The molecule has 1 atom stereocenters. The van der Waals surface area contributed by atoms with E-state index in [2.05, 4.69) is 22.1 Å². The normalized spacial score (nSPS) is 16.6. The Hall–Kier alpha value is -2.86. The zero-order valence-corrected chi connectivity index (χ0v) is 17.9. The Morgan fingerprint density at radius 2 is 2.07 bits per heavy atom. The standard InChI is InChI=1S/C23H25ClN4O2/c1-15-6-5-11-27(13-15)22-18-7-3-4-8-20(18)28(23(30)26-22)14-21(29)25-19-12-17(24)10-9-16(19)2/h3-4,7-10,12,15H,5-6,11,13-14H2,1-2H3,(H,25,29)/t15-/m0/s1. The number of aromatic nitrogens is 2. The van der Waals surface area contributed by atoms with Crippen LogP contribution in [0.2, 0.25) is 5.02 Å². The molecule has 2 heterocycles. The lowest BCUT2D eigenvalue weighted by Crippen LogP contribution is -2.38. The average molecular weight is 425 g/mol. The van der Waals surface area contributed by atoms with Crippen molar-refractivity contribution in [2.45, 2.75) is 33.2 Å². The molecule has 7 heteroatoms. The van der Waals surface area contributed by atoms with Gasteiger partial charge in [-0.15, -0.1) is 0 Å². The molecule has 0 aliphatic carbocycles. The van der Waals surface area contributed by atoms with Gasteiger partial charge >= 0.3 is 5.69 Å². The van der Waals surface area contributed by atoms with Gasteiger partial charge < -0.3 is 10.2 Å². The number of nitrogens with zero attached hydrogens (tertiary/aromatic N) is 3. The number of piperidine rings is 1. The minimum Gasteiger partial charge on any atom is -0.356 e. The van der Waals surface area contributed by atoms with Gasteiger partial charge in [-0.25, -0.2) is 4.79 Å². The molecule has 3 aromatic rings. The maximum atomic E-state index is 12.9. The van der Waals surface area contributed by atoms with E-state index >= 15 is 0 Å². The molecule has 156 valence electrons. The van der Waals surface area contributed by atoms with Gasteiger partial charge in [0.2, 0.25) is 5.91 Å². The van der Waals surface area contributed by atoms with Crippen LogP contribution >= 0.6 is 11.6 Å². The number of amides is 1. The number of fused-ring (bicyclic) bond motifs is 1. The number of hydrogen-bond acceptors (Lipinski definition) is 4. The van der Waals surface area contributed by atoms with Gasteiger partial charge in [0.05, 0.1) is 5.52 Å². The molecule has 4 rings (SSSR count). The first-order chi connectivity index (χ1) is 14.4. The highest BCUT2D eigenvalue weighted by Crippen LogP contribution is 2.27. The summed E-state index contributed by atoms with van der Waals surface area (Å²) in [4.78, 5) is 32.2. The highest BCUT2D eigenvalue weighted by molar-refractivity contribution is 6.31. The fraction of sp³-hybridized carbons (Fsp3) is 0.348. The van der Waals surface area contributed by atoms with Crippen LogP contribution in [0.15, 0.2) is 47.3 Å². The topological polar surface area (TPSA) is 67.2 Å². The van der Waals surface area contributed by atoms with Gasteiger partial charge in [-0.3, -0.25) is 9.36 Å². The van der Waals surface area contributed by atoms with Crippen molar-refractivity contribution in [3.63, 3.8) is 0 Å². The Kier molecular flexibility index (Phi) is 5.77. The lowest BCUT2D eigenvalue weighted by Gasteiger charge is -2.32. The maximum absolute atomic E-state index is 12.9. The van der Waals surface area contributed by atoms with Crippen LogP contribution in [-0.4, -0.2) is 28.5 Å². The molecule has 1 amide bonds. The van der Waals surface area contributed by atoms with Crippen molar-refractivity contribution in [2.24, 2.45) is 5.92 Å². The van der Waals surface area contributed by atoms with Gasteiger partial charge in [-0.2, -0.15) is 4.98 Å². The molecule has 0 saturated carbocycles. The van der Waals surface area contributed by atoms with Crippen LogP contribution in [0.4, 0.5) is 11.5 Å². The molecule has 1 saturated heterocycles. The summed E-state index contributed by atoms with van der Waals surface area (Å²) in [6.45, 7) is 5.77. The SMILES string of the molecule is Cc1ccc(Cl)cc1NC(=O)Cn1c(=O)nc(N2CCC[C@H](C)C2)c2ccccc21. The molecule has 30 heavy (non-hydrogen) atoms. The Balaban J connectivity index is 1.67. The average Bonchev–Trinajstić information content (AvgIpc) is 2.72. The quantitative estimate of drug-likeness (QED) is 0.680. The summed E-state index contributed by atoms with van der Waals surface area (Å²) in [5, 5.41) is 4.28. The number of halogens is 1. The van der Waals surface area contributed by atoms with Gasteiger partial charge in [-0.1, -0.05) is 36.7 Å². The van der Waals surface area contributed by atoms with Crippen molar-refractivity contribution in [2.75, 3.05) is 23.3 Å². The fourth-order valence-electron chi connectivity index (χ4n) is 4.05. The van der Waals surface area contributed by atoms with Crippen LogP contribution in [0.3, 0.4) is 0 Å². The van der Waals surface area contributed by atoms with Crippen molar-refractivity contribution in [3.8, 4) is 0 Å². The second-order valence-corrected chi connectivity index (χ2v) is 8.46. The number of carbonyl (C=O) groups is 1. The lowest BCUT2D eigenvalue weighted by molar-refractivity contribution is -0.116. The molecule has 6 nitrogen and oxygen atoms in total. The Morgan fingerprint density at radius 3 is 2.87 bits per heavy atom. The second-order valence-electron chi connectivity index (χ2n) is 8.02. The first-order valence-electron chi connectivity index (χ1n) is 10.2. The zero-order chi connectivity index (χ0) is 21.3. The van der Waals surface area contributed by atoms with Gasteiger partial charge in [0.15, 0.2) is 0 Å². The van der Waals surface area contributed by atoms with Crippen LogP contribution in [-0.2, 0) is 11.3 Å². The molecule has 1 N–H and O–H groups in total. The number of para-hydroxylation sites is 1. The van der Waals surface area contributed by atoms with Crippen molar-refractivity contribution in [1.29, 1.82) is 0 Å². The molecule has 0 unspecified atom stereocenters. The summed E-state index contributed by atoms with van der Waals surface area (Å²) in [7, 11) is 0. The summed E-state index contributed by atoms with van der Waals surface area (Å²) in [5.41, 5.74) is 1.83. The van der Waals surface area contributed by atoms with Gasteiger partial charge in [0.25, 0.3) is 0 Å². The molecular weight excluding hydrogens is 400 g/mol. The van der Waals surface area contributed by atoms with Crippen molar-refractivity contribution >= 4 is 39.9 Å². The van der Waals surface area contributed by atoms with Crippen molar-refractivity contribution in [1.82, 2.24) is 9.55 Å². The smallest absolute Gasteiger partial charge is 0.350 e. The minimum absolute atomic E-state index is 0.116. The lowest BCUT2D eigenvalue weighted by atomic mass is 10.00. The Morgan fingerprint density at radius 1 is 1.27 bits per heavy atom. The summed E-state index contributed by atoms with van der Waals surface area (Å²) in [6, 6.07) is 13.0. The monoisotopic (exact) mass is 424 g/mol. The third-order valence-corrected chi connectivity index (χ3v) is 5.84. The van der Waals surface area contributed by atoms with E-state index in [9.17, 15) is 9.59 Å². The number of hydrogen-bond donors (Lipinski definition) is 1. The fourth-order valence-corrected chi connectivity index (χ4v) is 4.22. The first-order valence-corrected chi connectivity index (χ1v) is 10.6. The zero-order valence-electron chi connectivity index (χ0n) is 17.2. The summed E-state index contributed by atoms with van der Waals surface area (Å²) in [5.74, 6) is 0.978. The van der Waals surface area contributed by atoms with Crippen LogP contribution in [0.25, 0.3) is 10.9 Å². The van der Waals surface area contributed by atoms with E-state index in [0.29, 0.717) is 28.0 Å². The van der Waals surface area contributed by atoms with E-state index in [1.165, 1.54) is 11.0 Å². The molecule has 2 aromatic carbocycles. The summed E-state index contributed by atoms with van der Waals surface area (Å²) < 4.78 is 1.43. The molecule has 0 bridgehead atoms. The Labute approximate surface area is 180 Å². The van der Waals surface area contributed by atoms with E-state index < -0.39 is 5.69 Å². The third-order valence-electron chi connectivity index (χ3n) is 5.60. The predicted molar refractivity (Wildman–Crippen MR) is 121 cm³/mol. The number of carbonyl (C=O) groups excluding carboxylic acids is 1. The second kappa shape index (κ2) is 8.48.